The molecule has 19 heavy (non-hydrogen) atoms. The molecule has 0 saturated carbocycles. The molecule has 0 fully saturated rings. The minimum Gasteiger partial charge on any atom is -0.481 e. The van der Waals surface area contributed by atoms with Crippen molar-refractivity contribution in [3.05, 3.63) is 53.2 Å². The lowest BCUT2D eigenvalue weighted by Crippen LogP contribution is -2.15. The minimum absolute atomic E-state index is 0.0411. The van der Waals surface area contributed by atoms with Crippen LogP contribution in [0.25, 0.3) is 0 Å². The number of aliphatic hydroxyl groups excluding tert-OH is 1. The van der Waals surface area contributed by atoms with Crippen LogP contribution in [0.1, 0.15) is 11.6 Å². The van der Waals surface area contributed by atoms with Crippen LogP contribution in [0, 0.1) is 0 Å². The number of hydrogen-bond acceptors (Lipinski definition) is 4. The first kappa shape index (κ1) is 13.6. The molecule has 1 unspecified atom stereocenters. The van der Waals surface area contributed by atoms with E-state index < -0.39 is 0 Å². The van der Waals surface area contributed by atoms with Crippen LogP contribution in [0.2, 0.25) is 5.02 Å². The maximum atomic E-state index is 9.48. The lowest BCUT2D eigenvalue weighted by atomic mass is 10.1. The molecule has 2 N–H and O–H groups in total. The highest BCUT2D eigenvalue weighted by atomic mass is 35.5. The van der Waals surface area contributed by atoms with Crippen LogP contribution in [0.3, 0.4) is 0 Å². The van der Waals surface area contributed by atoms with Gasteiger partial charge in [-0.25, -0.2) is 4.98 Å². The summed E-state index contributed by atoms with van der Waals surface area (Å²) in [4.78, 5) is 4.13. The highest BCUT2D eigenvalue weighted by Crippen LogP contribution is 2.22. The van der Waals surface area contributed by atoms with Crippen LogP contribution < -0.4 is 10.1 Å². The molecule has 0 bridgehead atoms. The predicted octanol–water partition coefficient (Wildman–Crippen LogP) is 2.89. The molecule has 0 aliphatic rings. The highest BCUT2D eigenvalue weighted by Gasteiger charge is 2.11. The normalized spacial score (nSPS) is 11.9. The number of hydrogen-bond donors (Lipinski definition) is 2. The first-order valence-corrected chi connectivity index (χ1v) is 6.23. The molecule has 1 aromatic heterocycles. The molecule has 0 saturated heterocycles. The minimum atomic E-state index is -0.239. The molecule has 0 aliphatic carbocycles. The summed E-state index contributed by atoms with van der Waals surface area (Å²) < 4.78 is 5.01. The van der Waals surface area contributed by atoms with E-state index in [-0.39, 0.29) is 12.6 Å². The molecule has 0 radical (unpaired) electrons. The van der Waals surface area contributed by atoms with Crippen molar-refractivity contribution in [2.75, 3.05) is 19.0 Å². The number of aliphatic hydroxyl groups is 1. The van der Waals surface area contributed by atoms with Gasteiger partial charge in [0.25, 0.3) is 0 Å². The zero-order valence-corrected chi connectivity index (χ0v) is 11.3. The van der Waals surface area contributed by atoms with Crippen LogP contribution in [0.15, 0.2) is 42.6 Å². The van der Waals surface area contributed by atoms with E-state index in [4.69, 9.17) is 16.3 Å². The predicted molar refractivity (Wildman–Crippen MR) is 75.7 cm³/mol. The Morgan fingerprint density at radius 2 is 2.21 bits per heavy atom. The maximum absolute atomic E-state index is 9.48. The summed E-state index contributed by atoms with van der Waals surface area (Å²) in [5, 5.41) is 13.3. The molecule has 0 amide bonds. The van der Waals surface area contributed by atoms with Gasteiger partial charge < -0.3 is 15.2 Å². The van der Waals surface area contributed by atoms with Crippen molar-refractivity contribution >= 4 is 17.3 Å². The summed E-state index contributed by atoms with van der Waals surface area (Å²) in [6, 6.07) is 10.7. The molecule has 1 atom stereocenters. The number of nitrogens with zero attached hydrogens (tertiary/aromatic N) is 1. The van der Waals surface area contributed by atoms with Crippen LogP contribution in [-0.2, 0) is 0 Å². The zero-order valence-electron chi connectivity index (χ0n) is 10.5. The fourth-order valence-corrected chi connectivity index (χ4v) is 1.92. The van der Waals surface area contributed by atoms with Gasteiger partial charge in [0.05, 0.1) is 19.8 Å². The standard InChI is InChI=1S/C14H15ClN2O2/c1-19-14-6-5-10(8-16-14)13(9-18)17-12-4-2-3-11(15)7-12/h2-8,13,17-18H,9H2,1H3. The van der Waals surface area contributed by atoms with Crippen LogP contribution in [0.4, 0.5) is 5.69 Å². The van der Waals surface area contributed by atoms with E-state index in [1.54, 1.807) is 31.5 Å². The first-order valence-electron chi connectivity index (χ1n) is 5.86. The van der Waals surface area contributed by atoms with Gasteiger partial charge in [0, 0.05) is 23.0 Å². The summed E-state index contributed by atoms with van der Waals surface area (Å²) in [6.07, 6.45) is 1.68. The van der Waals surface area contributed by atoms with Gasteiger partial charge in [-0.3, -0.25) is 0 Å². The Labute approximate surface area is 117 Å². The molecule has 5 heteroatoms. The number of halogens is 1. The zero-order chi connectivity index (χ0) is 13.7. The Balaban J connectivity index is 2.15. The summed E-state index contributed by atoms with van der Waals surface area (Å²) >= 11 is 5.93. The fraction of sp³-hybridized carbons (Fsp3) is 0.214. The van der Waals surface area contributed by atoms with E-state index in [1.165, 1.54) is 0 Å². The van der Waals surface area contributed by atoms with Gasteiger partial charge in [0.15, 0.2) is 0 Å². The first-order chi connectivity index (χ1) is 9.22. The summed E-state index contributed by atoms with van der Waals surface area (Å²) in [7, 11) is 1.57. The second-order valence-electron chi connectivity index (χ2n) is 4.02. The van der Waals surface area contributed by atoms with Gasteiger partial charge in [-0.2, -0.15) is 0 Å². The van der Waals surface area contributed by atoms with Gasteiger partial charge in [-0.05, 0) is 29.8 Å². The third kappa shape index (κ3) is 3.59. The largest absolute Gasteiger partial charge is 0.481 e. The smallest absolute Gasteiger partial charge is 0.212 e. The fourth-order valence-electron chi connectivity index (χ4n) is 1.73. The van der Waals surface area contributed by atoms with E-state index in [0.29, 0.717) is 10.9 Å². The number of ether oxygens (including phenoxy) is 1. The van der Waals surface area contributed by atoms with Gasteiger partial charge in [-0.15, -0.1) is 0 Å². The summed E-state index contributed by atoms with van der Waals surface area (Å²) in [5.41, 5.74) is 1.73. The molecular weight excluding hydrogens is 264 g/mol. The molecular formula is C14H15ClN2O2. The molecule has 0 spiro atoms. The Bertz CT molecular complexity index is 531. The Morgan fingerprint density at radius 1 is 1.37 bits per heavy atom. The average Bonchev–Trinajstić information content (AvgIpc) is 2.45. The van der Waals surface area contributed by atoms with Crippen molar-refractivity contribution in [3.63, 3.8) is 0 Å². The van der Waals surface area contributed by atoms with E-state index in [0.717, 1.165) is 11.3 Å². The molecule has 4 nitrogen and oxygen atoms in total. The monoisotopic (exact) mass is 278 g/mol. The van der Waals surface area contributed by atoms with Crippen molar-refractivity contribution in [2.45, 2.75) is 6.04 Å². The van der Waals surface area contributed by atoms with Gasteiger partial charge in [0.2, 0.25) is 5.88 Å². The van der Waals surface area contributed by atoms with Crippen molar-refractivity contribution in [1.29, 1.82) is 0 Å². The van der Waals surface area contributed by atoms with Crippen molar-refractivity contribution in [1.82, 2.24) is 4.98 Å². The third-order valence-electron chi connectivity index (χ3n) is 2.72. The van der Waals surface area contributed by atoms with E-state index in [2.05, 4.69) is 10.3 Å². The number of benzene rings is 1. The number of anilines is 1. The molecule has 2 rings (SSSR count). The summed E-state index contributed by atoms with van der Waals surface area (Å²) in [6.45, 7) is -0.0411. The molecule has 2 aromatic rings. The Kier molecular flexibility index (Phi) is 4.60. The number of methoxy groups -OCH3 is 1. The quantitative estimate of drug-likeness (QED) is 0.883. The van der Waals surface area contributed by atoms with Gasteiger partial charge >= 0.3 is 0 Å². The highest BCUT2D eigenvalue weighted by molar-refractivity contribution is 6.30. The summed E-state index contributed by atoms with van der Waals surface area (Å²) in [5.74, 6) is 0.545. The third-order valence-corrected chi connectivity index (χ3v) is 2.95. The van der Waals surface area contributed by atoms with Gasteiger partial charge in [0.1, 0.15) is 0 Å². The molecule has 100 valence electrons. The topological polar surface area (TPSA) is 54.4 Å². The van der Waals surface area contributed by atoms with E-state index >= 15 is 0 Å². The van der Waals surface area contributed by atoms with Crippen LogP contribution in [-0.4, -0.2) is 23.8 Å². The van der Waals surface area contributed by atoms with Crippen molar-refractivity contribution < 1.29 is 9.84 Å². The molecule has 1 heterocycles. The van der Waals surface area contributed by atoms with Crippen molar-refractivity contribution in [2.24, 2.45) is 0 Å². The Hall–Kier alpha value is -1.78. The molecule has 0 aliphatic heterocycles. The van der Waals surface area contributed by atoms with E-state index in [1.807, 2.05) is 18.2 Å². The number of pyridine rings is 1. The maximum Gasteiger partial charge on any atom is 0.212 e. The number of rotatable bonds is 5. The second-order valence-corrected chi connectivity index (χ2v) is 4.46. The number of nitrogens with one attached hydrogen (secondary N) is 1. The molecule has 1 aromatic carbocycles. The van der Waals surface area contributed by atoms with E-state index in [9.17, 15) is 5.11 Å². The lowest BCUT2D eigenvalue weighted by molar-refractivity contribution is 0.276. The SMILES string of the molecule is COc1ccc(C(CO)Nc2cccc(Cl)c2)cn1. The average molecular weight is 279 g/mol. The van der Waals surface area contributed by atoms with Gasteiger partial charge in [-0.1, -0.05) is 17.7 Å². The number of aromatic nitrogens is 1. The second kappa shape index (κ2) is 6.41. The van der Waals surface area contributed by atoms with Crippen LogP contribution >= 0.6 is 11.6 Å². The van der Waals surface area contributed by atoms with Crippen molar-refractivity contribution in [3.8, 4) is 5.88 Å². The Morgan fingerprint density at radius 3 is 2.79 bits per heavy atom. The lowest BCUT2D eigenvalue weighted by Gasteiger charge is -2.18. The van der Waals surface area contributed by atoms with Crippen LogP contribution in [0.5, 0.6) is 5.88 Å².